The predicted molar refractivity (Wildman–Crippen MR) is 136 cm³/mol. The Morgan fingerprint density at radius 1 is 1.31 bits per heavy atom. The van der Waals surface area contributed by atoms with Gasteiger partial charge in [0.2, 0.25) is 11.8 Å². The van der Waals surface area contributed by atoms with E-state index in [-0.39, 0.29) is 29.5 Å². The molecule has 0 saturated carbocycles. The fourth-order valence-electron chi connectivity index (χ4n) is 4.39. The van der Waals surface area contributed by atoms with Gasteiger partial charge in [0.25, 0.3) is 0 Å². The molecule has 1 aromatic rings. The van der Waals surface area contributed by atoms with E-state index in [1.807, 2.05) is 43.3 Å². The summed E-state index contributed by atoms with van der Waals surface area (Å²) < 4.78 is 5.92. The number of amides is 2. The minimum absolute atomic E-state index is 0.0393. The number of nitrogens with zero attached hydrogens (tertiary/aromatic N) is 4. The average Bonchev–Trinajstić information content (AvgIpc) is 3.49. The number of nitriles is 2. The number of likely N-dealkylation sites (tertiary alicyclic amines) is 1. The Labute approximate surface area is 211 Å². The number of hydrogen-bond donors (Lipinski definition) is 2. The molecule has 2 heterocycles. The van der Waals surface area contributed by atoms with E-state index in [4.69, 9.17) is 10.00 Å². The molecular weight excluding hydrogens is 464 g/mol. The second-order valence-corrected chi connectivity index (χ2v) is 10.0. The average molecular weight is 499 g/mol. The zero-order valence-corrected chi connectivity index (χ0v) is 21.1. The monoisotopic (exact) mass is 498 g/mol. The topological polar surface area (TPSA) is 121 Å². The number of nitrogens with one attached hydrogen (secondary N) is 2. The van der Waals surface area contributed by atoms with Crippen LogP contribution in [0.2, 0.25) is 0 Å². The van der Waals surface area contributed by atoms with E-state index in [1.54, 1.807) is 4.90 Å². The lowest BCUT2D eigenvalue weighted by atomic mass is 10.1. The Kier molecular flexibility index (Phi) is 10.5. The smallest absolute Gasteiger partial charge is 0.238 e. The van der Waals surface area contributed by atoms with Gasteiger partial charge in [-0.25, -0.2) is 0 Å². The standard InChI is InChI=1S/C25H34N6O3S/c1-2-31-23(16-19(18-27)24(32)29-11-9-26)35-22(25(31)33)8-10-28-20-6-5-7-21(17-20)34-15-14-30-12-3-4-13-30/h5-7,17,19,22-23,28H,2-4,8,10-16H2,1H3,(H,29,32). The molecular formula is C25H34N6O3S. The van der Waals surface area contributed by atoms with Crippen LogP contribution in [0.25, 0.3) is 0 Å². The Hall–Kier alpha value is -2.95. The molecule has 0 bridgehead atoms. The van der Waals surface area contributed by atoms with Gasteiger partial charge < -0.3 is 20.3 Å². The zero-order valence-electron chi connectivity index (χ0n) is 20.2. The Morgan fingerprint density at radius 3 is 2.83 bits per heavy atom. The van der Waals surface area contributed by atoms with E-state index in [0.717, 1.165) is 31.1 Å². The molecule has 0 aliphatic carbocycles. The van der Waals surface area contributed by atoms with Crippen molar-refractivity contribution in [1.82, 2.24) is 15.1 Å². The van der Waals surface area contributed by atoms with Crippen molar-refractivity contribution in [3.63, 3.8) is 0 Å². The number of anilines is 1. The SMILES string of the molecule is CCN1C(=O)C(CCNc2cccc(OCCN3CCCC3)c2)SC1CC(C#N)C(=O)NCC#N. The van der Waals surface area contributed by atoms with E-state index >= 15 is 0 Å². The molecule has 3 rings (SSSR count). The van der Waals surface area contributed by atoms with Crippen LogP contribution in [0, 0.1) is 28.6 Å². The van der Waals surface area contributed by atoms with Gasteiger partial charge in [-0.05, 0) is 51.4 Å². The number of carbonyl (C=O) groups excluding carboxylic acids is 2. The predicted octanol–water partition coefficient (Wildman–Crippen LogP) is 2.42. The second-order valence-electron chi connectivity index (χ2n) is 8.64. The van der Waals surface area contributed by atoms with Gasteiger partial charge in [0, 0.05) is 37.8 Å². The van der Waals surface area contributed by atoms with E-state index in [2.05, 4.69) is 15.5 Å². The van der Waals surface area contributed by atoms with Gasteiger partial charge in [-0.3, -0.25) is 14.5 Å². The Bertz CT molecular complexity index is 940. The molecule has 35 heavy (non-hydrogen) atoms. The highest BCUT2D eigenvalue weighted by Gasteiger charge is 2.40. The van der Waals surface area contributed by atoms with Crippen molar-refractivity contribution in [1.29, 1.82) is 10.5 Å². The summed E-state index contributed by atoms with van der Waals surface area (Å²) in [5, 5.41) is 23.4. The molecule has 3 atom stereocenters. The van der Waals surface area contributed by atoms with Gasteiger partial charge in [0.05, 0.1) is 22.8 Å². The lowest BCUT2D eigenvalue weighted by Crippen LogP contribution is -2.38. The number of thioether (sulfide) groups is 1. The van der Waals surface area contributed by atoms with Crippen molar-refractivity contribution >= 4 is 29.3 Å². The number of hydrogen-bond acceptors (Lipinski definition) is 8. The third-order valence-corrected chi connectivity index (χ3v) is 7.79. The van der Waals surface area contributed by atoms with Crippen LogP contribution in [0.3, 0.4) is 0 Å². The highest BCUT2D eigenvalue weighted by atomic mass is 32.2. The summed E-state index contributed by atoms with van der Waals surface area (Å²) in [6.07, 6.45) is 3.43. The number of rotatable bonds is 13. The van der Waals surface area contributed by atoms with Crippen LogP contribution in [0.5, 0.6) is 5.75 Å². The van der Waals surface area contributed by atoms with E-state index in [9.17, 15) is 14.9 Å². The number of benzene rings is 1. The maximum atomic E-state index is 12.9. The van der Waals surface area contributed by atoms with E-state index in [1.165, 1.54) is 24.6 Å². The summed E-state index contributed by atoms with van der Waals surface area (Å²) in [6.45, 7) is 6.84. The Morgan fingerprint density at radius 2 is 2.11 bits per heavy atom. The molecule has 0 radical (unpaired) electrons. The molecule has 1 aromatic carbocycles. The van der Waals surface area contributed by atoms with Crippen LogP contribution in [-0.4, -0.2) is 78.1 Å². The fourth-order valence-corrected chi connectivity index (χ4v) is 5.98. The summed E-state index contributed by atoms with van der Waals surface area (Å²) in [4.78, 5) is 29.2. The molecule has 3 unspecified atom stereocenters. The van der Waals surface area contributed by atoms with Gasteiger partial charge in [0.1, 0.15) is 24.8 Å². The van der Waals surface area contributed by atoms with Crippen molar-refractivity contribution in [2.75, 3.05) is 51.2 Å². The van der Waals surface area contributed by atoms with Crippen LogP contribution in [0.4, 0.5) is 5.69 Å². The summed E-state index contributed by atoms with van der Waals surface area (Å²) >= 11 is 1.51. The summed E-state index contributed by atoms with van der Waals surface area (Å²) in [5.74, 6) is -0.494. The highest BCUT2D eigenvalue weighted by Crippen LogP contribution is 2.37. The third-order valence-electron chi connectivity index (χ3n) is 6.26. The van der Waals surface area contributed by atoms with Gasteiger partial charge in [-0.15, -0.1) is 11.8 Å². The molecule has 2 saturated heterocycles. The first-order chi connectivity index (χ1) is 17.0. The first-order valence-corrected chi connectivity index (χ1v) is 13.2. The molecule has 2 fully saturated rings. The molecule has 0 aromatic heterocycles. The van der Waals surface area contributed by atoms with E-state index in [0.29, 0.717) is 26.1 Å². The minimum Gasteiger partial charge on any atom is -0.492 e. The molecule has 2 aliphatic rings. The van der Waals surface area contributed by atoms with Gasteiger partial charge in [-0.2, -0.15) is 10.5 Å². The highest BCUT2D eigenvalue weighted by molar-refractivity contribution is 8.01. The van der Waals surface area contributed by atoms with Crippen molar-refractivity contribution in [2.24, 2.45) is 5.92 Å². The van der Waals surface area contributed by atoms with Gasteiger partial charge in [0.15, 0.2) is 0 Å². The summed E-state index contributed by atoms with van der Waals surface area (Å²) in [6, 6.07) is 11.7. The van der Waals surface area contributed by atoms with Gasteiger partial charge >= 0.3 is 0 Å². The van der Waals surface area contributed by atoms with Crippen molar-refractivity contribution in [2.45, 2.75) is 43.2 Å². The molecule has 188 valence electrons. The fraction of sp³-hybridized carbons (Fsp3) is 0.600. The first kappa shape index (κ1) is 26.7. The van der Waals surface area contributed by atoms with E-state index < -0.39 is 11.8 Å². The van der Waals surface area contributed by atoms with Crippen LogP contribution in [0.15, 0.2) is 24.3 Å². The van der Waals surface area contributed by atoms with Crippen molar-refractivity contribution < 1.29 is 14.3 Å². The minimum atomic E-state index is -0.896. The summed E-state index contributed by atoms with van der Waals surface area (Å²) in [7, 11) is 0. The Balaban J connectivity index is 1.46. The second kappa shape index (κ2) is 13.8. The quantitative estimate of drug-likeness (QED) is 0.398. The third kappa shape index (κ3) is 7.78. The normalized spacial score (nSPS) is 20.8. The molecule has 2 N–H and O–H groups in total. The largest absolute Gasteiger partial charge is 0.492 e. The molecule has 10 heteroatoms. The molecule has 0 spiro atoms. The first-order valence-electron chi connectivity index (χ1n) is 12.2. The van der Waals surface area contributed by atoms with Gasteiger partial charge in [-0.1, -0.05) is 6.07 Å². The number of carbonyl (C=O) groups is 2. The van der Waals surface area contributed by atoms with Crippen LogP contribution < -0.4 is 15.4 Å². The zero-order chi connectivity index (χ0) is 25.0. The molecule has 9 nitrogen and oxygen atoms in total. The van der Waals surface area contributed by atoms with Crippen molar-refractivity contribution in [3.8, 4) is 17.9 Å². The van der Waals surface area contributed by atoms with Crippen molar-refractivity contribution in [3.05, 3.63) is 24.3 Å². The van der Waals surface area contributed by atoms with Crippen LogP contribution >= 0.6 is 11.8 Å². The van der Waals surface area contributed by atoms with Crippen LogP contribution in [-0.2, 0) is 9.59 Å². The van der Waals surface area contributed by atoms with Crippen LogP contribution in [0.1, 0.15) is 32.6 Å². The maximum absolute atomic E-state index is 12.9. The molecule has 2 amide bonds. The maximum Gasteiger partial charge on any atom is 0.238 e. The number of ether oxygens (including phenoxy) is 1. The molecule has 2 aliphatic heterocycles. The lowest BCUT2D eigenvalue weighted by Gasteiger charge is -2.23. The summed E-state index contributed by atoms with van der Waals surface area (Å²) in [5.41, 5.74) is 0.946. The lowest BCUT2D eigenvalue weighted by molar-refractivity contribution is -0.131.